The van der Waals surface area contributed by atoms with E-state index in [-0.39, 0.29) is 36.8 Å². The van der Waals surface area contributed by atoms with E-state index in [1.807, 2.05) is 24.3 Å². The summed E-state index contributed by atoms with van der Waals surface area (Å²) in [5.41, 5.74) is 10.2. The molecule has 1 aliphatic rings. The topological polar surface area (TPSA) is 67.6 Å². The maximum atomic E-state index is 12.4. The van der Waals surface area contributed by atoms with E-state index >= 15 is 0 Å². The number of anilines is 1. The van der Waals surface area contributed by atoms with E-state index in [0.29, 0.717) is 19.4 Å². The lowest BCUT2D eigenvalue weighted by Crippen LogP contribution is -2.43. The van der Waals surface area contributed by atoms with Gasteiger partial charge in [0.05, 0.1) is 19.3 Å². The van der Waals surface area contributed by atoms with E-state index in [2.05, 4.69) is 41.4 Å². The van der Waals surface area contributed by atoms with Crippen molar-refractivity contribution in [3.05, 3.63) is 65.2 Å². The Balaban J connectivity index is 0.00000210. The maximum Gasteiger partial charge on any atom is 0.220 e. The Labute approximate surface area is 185 Å². The Morgan fingerprint density at radius 2 is 1.86 bits per heavy atom. The molecule has 2 aromatic carbocycles. The molecular formula is C22H31Cl2N3O2. The van der Waals surface area contributed by atoms with E-state index in [9.17, 15) is 4.79 Å². The molecule has 2 aromatic rings. The first-order chi connectivity index (χ1) is 13.1. The Morgan fingerprint density at radius 3 is 2.55 bits per heavy atom. The number of nitrogen functional groups attached to an aromatic ring is 1. The minimum atomic E-state index is 0. The van der Waals surface area contributed by atoms with Gasteiger partial charge in [0.1, 0.15) is 0 Å². The van der Waals surface area contributed by atoms with E-state index in [0.717, 1.165) is 37.6 Å². The van der Waals surface area contributed by atoms with Crippen LogP contribution in [-0.4, -0.2) is 43.7 Å². The maximum absolute atomic E-state index is 12.4. The molecule has 1 atom stereocenters. The van der Waals surface area contributed by atoms with Gasteiger partial charge in [-0.25, -0.2) is 0 Å². The van der Waals surface area contributed by atoms with Crippen molar-refractivity contribution >= 4 is 36.4 Å². The summed E-state index contributed by atoms with van der Waals surface area (Å²) in [6.07, 6.45) is 1.10. The first-order valence-corrected chi connectivity index (χ1v) is 9.62. The number of ether oxygens (including phenoxy) is 1. The third kappa shape index (κ3) is 7.52. The molecule has 1 fully saturated rings. The van der Waals surface area contributed by atoms with Crippen LogP contribution in [0.4, 0.5) is 5.69 Å². The van der Waals surface area contributed by atoms with Crippen molar-refractivity contribution in [2.45, 2.75) is 25.8 Å². The van der Waals surface area contributed by atoms with Crippen molar-refractivity contribution in [2.75, 3.05) is 38.6 Å². The number of carbonyl (C=O) groups excluding carboxylic acids is 1. The van der Waals surface area contributed by atoms with Gasteiger partial charge >= 0.3 is 0 Å². The molecular weight excluding hydrogens is 409 g/mol. The number of hydrogen-bond acceptors (Lipinski definition) is 4. The molecule has 1 unspecified atom stereocenters. The Hall–Kier alpha value is -1.79. The monoisotopic (exact) mass is 439 g/mol. The number of benzene rings is 2. The van der Waals surface area contributed by atoms with Gasteiger partial charge in [-0.3, -0.25) is 9.69 Å². The van der Waals surface area contributed by atoms with Gasteiger partial charge in [0.15, 0.2) is 0 Å². The minimum absolute atomic E-state index is 0. The van der Waals surface area contributed by atoms with Crippen LogP contribution in [0.2, 0.25) is 0 Å². The van der Waals surface area contributed by atoms with Crippen LogP contribution >= 0.6 is 24.8 Å². The van der Waals surface area contributed by atoms with E-state index < -0.39 is 0 Å². The highest BCUT2D eigenvalue weighted by Gasteiger charge is 2.23. The predicted molar refractivity (Wildman–Crippen MR) is 123 cm³/mol. The summed E-state index contributed by atoms with van der Waals surface area (Å²) in [5.74, 6) is 0.0594. The molecule has 3 N–H and O–H groups in total. The normalized spacial score (nSPS) is 14.9. The van der Waals surface area contributed by atoms with Gasteiger partial charge in [-0.2, -0.15) is 0 Å². The molecule has 5 nitrogen and oxygen atoms in total. The second-order valence-electron chi connectivity index (χ2n) is 7.08. The molecule has 0 aliphatic carbocycles. The number of nitrogens with one attached hydrogen (secondary N) is 1. The fourth-order valence-electron chi connectivity index (χ4n) is 3.53. The average Bonchev–Trinajstić information content (AvgIpc) is 2.68. The zero-order valence-electron chi connectivity index (χ0n) is 16.8. The molecule has 160 valence electrons. The van der Waals surface area contributed by atoms with E-state index in [1.165, 1.54) is 11.1 Å². The summed E-state index contributed by atoms with van der Waals surface area (Å²) in [7, 11) is 0. The zero-order chi connectivity index (χ0) is 19.1. The molecule has 1 amide bonds. The van der Waals surface area contributed by atoms with Crippen LogP contribution in [0.5, 0.6) is 0 Å². The van der Waals surface area contributed by atoms with Crippen LogP contribution in [-0.2, 0) is 16.0 Å². The number of carbonyl (C=O) groups is 1. The van der Waals surface area contributed by atoms with Crippen molar-refractivity contribution in [3.8, 4) is 0 Å². The predicted octanol–water partition coefficient (Wildman–Crippen LogP) is 3.54. The lowest BCUT2D eigenvalue weighted by Gasteiger charge is -2.35. The number of nitrogens with zero attached hydrogens (tertiary/aromatic N) is 1. The van der Waals surface area contributed by atoms with Gasteiger partial charge < -0.3 is 15.8 Å². The molecule has 0 spiro atoms. The second-order valence-corrected chi connectivity index (χ2v) is 7.08. The summed E-state index contributed by atoms with van der Waals surface area (Å²) < 4.78 is 5.49. The van der Waals surface area contributed by atoms with Crippen LogP contribution < -0.4 is 11.1 Å². The molecule has 1 aliphatic heterocycles. The Morgan fingerprint density at radius 1 is 1.14 bits per heavy atom. The molecule has 0 aromatic heterocycles. The minimum Gasteiger partial charge on any atom is -0.399 e. The number of aryl methyl sites for hydroxylation is 2. The summed E-state index contributed by atoms with van der Waals surface area (Å²) in [6.45, 7) is 5.95. The molecule has 0 radical (unpaired) electrons. The summed E-state index contributed by atoms with van der Waals surface area (Å²) in [5, 5.41) is 3.13. The molecule has 1 saturated heterocycles. The van der Waals surface area contributed by atoms with Gasteiger partial charge in [0.2, 0.25) is 5.91 Å². The first kappa shape index (κ1) is 25.2. The largest absolute Gasteiger partial charge is 0.399 e. The number of para-hydroxylation sites is 1. The number of halogens is 2. The van der Waals surface area contributed by atoms with E-state index in [1.54, 1.807) is 0 Å². The fourth-order valence-corrected chi connectivity index (χ4v) is 3.53. The highest BCUT2D eigenvalue weighted by molar-refractivity contribution is 5.85. The standard InChI is InChI=1S/C22H29N3O2.2ClH/c1-17-5-4-7-19(15-17)21(25-11-13-27-14-12-25)16-24-22(26)10-9-18-6-2-3-8-20(18)23;;/h2-8,15,21H,9-14,16,23H2,1H3,(H,24,26);2*1H. The number of hydrogen-bond donors (Lipinski definition) is 2. The van der Waals surface area contributed by atoms with Gasteiger partial charge in [-0.15, -0.1) is 24.8 Å². The van der Waals surface area contributed by atoms with Crippen LogP contribution in [0.3, 0.4) is 0 Å². The average molecular weight is 440 g/mol. The molecule has 29 heavy (non-hydrogen) atoms. The van der Waals surface area contributed by atoms with Crippen molar-refractivity contribution < 1.29 is 9.53 Å². The van der Waals surface area contributed by atoms with Crippen LogP contribution in [0, 0.1) is 6.92 Å². The molecule has 1 heterocycles. The van der Waals surface area contributed by atoms with Crippen molar-refractivity contribution in [3.63, 3.8) is 0 Å². The Kier molecular flexibility index (Phi) is 11.1. The van der Waals surface area contributed by atoms with Crippen LogP contribution in [0.1, 0.15) is 29.2 Å². The number of amides is 1. The van der Waals surface area contributed by atoms with Crippen LogP contribution in [0.15, 0.2) is 48.5 Å². The molecule has 0 bridgehead atoms. The zero-order valence-corrected chi connectivity index (χ0v) is 18.4. The van der Waals surface area contributed by atoms with Crippen molar-refractivity contribution in [1.82, 2.24) is 10.2 Å². The van der Waals surface area contributed by atoms with Gasteiger partial charge in [-0.05, 0) is 30.5 Å². The van der Waals surface area contributed by atoms with Crippen molar-refractivity contribution in [2.24, 2.45) is 0 Å². The van der Waals surface area contributed by atoms with Gasteiger partial charge in [-0.1, -0.05) is 48.0 Å². The van der Waals surface area contributed by atoms with Crippen molar-refractivity contribution in [1.29, 1.82) is 0 Å². The first-order valence-electron chi connectivity index (χ1n) is 9.62. The number of rotatable bonds is 7. The van der Waals surface area contributed by atoms with Gasteiger partial charge in [0.25, 0.3) is 0 Å². The SMILES string of the molecule is Cc1cccc(C(CNC(=O)CCc2ccccc2N)N2CCOCC2)c1.Cl.Cl. The third-order valence-electron chi connectivity index (χ3n) is 5.08. The quantitative estimate of drug-likeness (QED) is 0.647. The highest BCUT2D eigenvalue weighted by atomic mass is 35.5. The second kappa shape index (κ2) is 12.7. The number of morpholine rings is 1. The third-order valence-corrected chi connectivity index (χ3v) is 5.08. The summed E-state index contributed by atoms with van der Waals surface area (Å²) in [4.78, 5) is 14.8. The highest BCUT2D eigenvalue weighted by Crippen LogP contribution is 2.22. The lowest BCUT2D eigenvalue weighted by molar-refractivity contribution is -0.121. The van der Waals surface area contributed by atoms with Gasteiger partial charge in [0, 0.05) is 31.7 Å². The number of nitrogens with two attached hydrogens (primary N) is 1. The molecule has 7 heteroatoms. The Bertz CT molecular complexity index is 767. The lowest BCUT2D eigenvalue weighted by atomic mass is 10.0. The summed E-state index contributed by atoms with van der Waals surface area (Å²) >= 11 is 0. The van der Waals surface area contributed by atoms with E-state index in [4.69, 9.17) is 10.5 Å². The van der Waals surface area contributed by atoms with Crippen LogP contribution in [0.25, 0.3) is 0 Å². The smallest absolute Gasteiger partial charge is 0.220 e. The summed E-state index contributed by atoms with van der Waals surface area (Å²) in [6, 6.07) is 16.4. The fraction of sp³-hybridized carbons (Fsp3) is 0.409. The molecule has 3 rings (SSSR count). The molecule has 0 saturated carbocycles.